The standard InChI is InChI=1S/C15H17N7S/c1-22-8-9(6-20-22)13-3-2-11(17)15(21-13)19-7-10-4-12(18)14(5-16)23-10/h2-6,8,16H,7,17-18H2,1H3,(H,19,21). The highest BCUT2D eigenvalue weighted by atomic mass is 32.1. The van der Waals surface area contributed by atoms with Crippen molar-refractivity contribution in [3.05, 3.63) is 40.3 Å². The van der Waals surface area contributed by atoms with Crippen LogP contribution in [-0.2, 0) is 13.6 Å². The summed E-state index contributed by atoms with van der Waals surface area (Å²) in [5.74, 6) is 0.620. The van der Waals surface area contributed by atoms with Crippen LogP contribution < -0.4 is 16.8 Å². The summed E-state index contributed by atoms with van der Waals surface area (Å²) >= 11 is 1.48. The number of aromatic nitrogens is 3. The lowest BCUT2D eigenvalue weighted by Gasteiger charge is -2.08. The van der Waals surface area contributed by atoms with Crippen molar-refractivity contribution in [2.75, 3.05) is 16.8 Å². The number of rotatable bonds is 5. The first-order valence-electron chi connectivity index (χ1n) is 6.95. The van der Waals surface area contributed by atoms with Gasteiger partial charge in [0.1, 0.15) is 5.82 Å². The molecule has 0 aliphatic rings. The van der Waals surface area contributed by atoms with Gasteiger partial charge in [0.25, 0.3) is 0 Å². The molecule has 0 aliphatic heterocycles. The fourth-order valence-corrected chi connectivity index (χ4v) is 3.02. The van der Waals surface area contributed by atoms with Crippen LogP contribution >= 0.6 is 11.3 Å². The molecule has 0 fully saturated rings. The fourth-order valence-electron chi connectivity index (χ4n) is 2.17. The van der Waals surface area contributed by atoms with Crippen molar-refractivity contribution in [2.45, 2.75) is 6.54 Å². The van der Waals surface area contributed by atoms with Crippen molar-refractivity contribution < 1.29 is 0 Å². The van der Waals surface area contributed by atoms with Crippen LogP contribution in [0.25, 0.3) is 11.3 Å². The maximum absolute atomic E-state index is 7.30. The number of hydrogen-bond donors (Lipinski definition) is 4. The number of thiophene rings is 1. The van der Waals surface area contributed by atoms with Crippen molar-refractivity contribution in [1.29, 1.82) is 5.41 Å². The summed E-state index contributed by atoms with van der Waals surface area (Å²) in [6.07, 6.45) is 4.93. The zero-order valence-corrected chi connectivity index (χ0v) is 13.4. The van der Waals surface area contributed by atoms with Gasteiger partial charge in [-0.05, 0) is 18.2 Å². The summed E-state index contributed by atoms with van der Waals surface area (Å²) in [7, 11) is 1.86. The lowest BCUT2D eigenvalue weighted by molar-refractivity contribution is 0.768. The minimum absolute atomic E-state index is 0.552. The molecule has 0 unspecified atom stereocenters. The van der Waals surface area contributed by atoms with Gasteiger partial charge in [-0.15, -0.1) is 11.3 Å². The van der Waals surface area contributed by atoms with Crippen LogP contribution in [-0.4, -0.2) is 21.0 Å². The highest BCUT2D eigenvalue weighted by molar-refractivity contribution is 7.14. The van der Waals surface area contributed by atoms with Gasteiger partial charge in [0.2, 0.25) is 0 Å². The Kier molecular flexibility index (Phi) is 3.98. The molecule has 0 saturated carbocycles. The molecule has 0 aromatic carbocycles. The van der Waals surface area contributed by atoms with E-state index in [0.717, 1.165) is 21.0 Å². The Morgan fingerprint density at radius 2 is 2.17 bits per heavy atom. The fraction of sp³-hybridized carbons (Fsp3) is 0.133. The Bertz CT molecular complexity index is 849. The molecule has 3 aromatic heterocycles. The lowest BCUT2D eigenvalue weighted by Crippen LogP contribution is -2.04. The van der Waals surface area contributed by atoms with Gasteiger partial charge in [-0.2, -0.15) is 5.10 Å². The van der Waals surface area contributed by atoms with Gasteiger partial charge in [-0.25, -0.2) is 4.98 Å². The van der Waals surface area contributed by atoms with E-state index in [0.29, 0.717) is 23.7 Å². The monoisotopic (exact) mass is 327 g/mol. The zero-order chi connectivity index (χ0) is 16.4. The van der Waals surface area contributed by atoms with Crippen LogP contribution in [0, 0.1) is 5.41 Å². The molecule has 8 heteroatoms. The number of pyridine rings is 1. The number of hydrogen-bond acceptors (Lipinski definition) is 7. The van der Waals surface area contributed by atoms with E-state index in [1.54, 1.807) is 10.9 Å². The first-order valence-corrected chi connectivity index (χ1v) is 7.76. The molecule has 3 rings (SSSR count). The first kappa shape index (κ1) is 15.0. The molecular formula is C15H17N7S. The minimum atomic E-state index is 0.552. The maximum atomic E-state index is 7.30. The normalized spacial score (nSPS) is 10.7. The third kappa shape index (κ3) is 3.16. The SMILES string of the molecule is Cn1cc(-c2ccc(N)c(NCc3cc(N)c(C=N)s3)n2)cn1. The third-order valence-corrected chi connectivity index (χ3v) is 4.43. The third-order valence-electron chi connectivity index (χ3n) is 3.33. The van der Waals surface area contributed by atoms with Crippen LogP contribution in [0.2, 0.25) is 0 Å². The van der Waals surface area contributed by atoms with E-state index in [9.17, 15) is 0 Å². The van der Waals surface area contributed by atoms with Crippen molar-refractivity contribution in [3.8, 4) is 11.3 Å². The molecule has 0 saturated heterocycles. The second-order valence-corrected chi connectivity index (χ2v) is 6.24. The number of anilines is 3. The molecular weight excluding hydrogens is 310 g/mol. The van der Waals surface area contributed by atoms with Crippen LogP contribution in [0.3, 0.4) is 0 Å². The Morgan fingerprint density at radius 1 is 1.35 bits per heavy atom. The summed E-state index contributed by atoms with van der Waals surface area (Å²) in [6.45, 7) is 0.552. The number of nitrogens with two attached hydrogens (primary N) is 2. The summed E-state index contributed by atoms with van der Waals surface area (Å²) < 4.78 is 1.73. The molecule has 0 atom stereocenters. The topological polar surface area (TPSA) is 119 Å². The number of nitrogens with zero attached hydrogens (tertiary/aromatic N) is 3. The average Bonchev–Trinajstić information content (AvgIpc) is 3.12. The second-order valence-electron chi connectivity index (χ2n) is 5.07. The van der Waals surface area contributed by atoms with Gasteiger partial charge < -0.3 is 22.2 Å². The first-order chi connectivity index (χ1) is 11.1. The Hall–Kier alpha value is -2.87. The molecule has 118 valence electrons. The zero-order valence-electron chi connectivity index (χ0n) is 12.6. The smallest absolute Gasteiger partial charge is 0.150 e. The molecule has 3 aromatic rings. The molecule has 0 spiro atoms. The van der Waals surface area contributed by atoms with Crippen LogP contribution in [0.1, 0.15) is 9.75 Å². The van der Waals surface area contributed by atoms with E-state index in [2.05, 4.69) is 15.4 Å². The quantitative estimate of drug-likeness (QED) is 0.536. The molecule has 7 nitrogen and oxygen atoms in total. The lowest BCUT2D eigenvalue weighted by atomic mass is 10.2. The highest BCUT2D eigenvalue weighted by Crippen LogP contribution is 2.26. The second kappa shape index (κ2) is 6.09. The summed E-state index contributed by atoms with van der Waals surface area (Å²) in [4.78, 5) is 6.34. The summed E-state index contributed by atoms with van der Waals surface area (Å²) in [5.41, 5.74) is 14.8. The molecule has 0 amide bonds. The number of nitrogens with one attached hydrogen (secondary N) is 2. The largest absolute Gasteiger partial charge is 0.398 e. The Balaban J connectivity index is 1.80. The van der Waals surface area contributed by atoms with Crippen LogP contribution in [0.5, 0.6) is 0 Å². The van der Waals surface area contributed by atoms with Gasteiger partial charge in [0.05, 0.1) is 34.7 Å². The predicted molar refractivity (Wildman–Crippen MR) is 94.8 cm³/mol. The van der Waals surface area contributed by atoms with Gasteiger partial charge >= 0.3 is 0 Å². The molecule has 23 heavy (non-hydrogen) atoms. The van der Waals surface area contributed by atoms with E-state index in [-0.39, 0.29) is 0 Å². The molecule has 6 N–H and O–H groups in total. The van der Waals surface area contributed by atoms with E-state index < -0.39 is 0 Å². The van der Waals surface area contributed by atoms with Crippen molar-refractivity contribution >= 4 is 34.7 Å². The van der Waals surface area contributed by atoms with E-state index in [4.69, 9.17) is 16.9 Å². The van der Waals surface area contributed by atoms with Crippen molar-refractivity contribution in [2.24, 2.45) is 7.05 Å². The minimum Gasteiger partial charge on any atom is -0.398 e. The van der Waals surface area contributed by atoms with Crippen molar-refractivity contribution in [1.82, 2.24) is 14.8 Å². The van der Waals surface area contributed by atoms with Crippen LogP contribution in [0.4, 0.5) is 17.2 Å². The van der Waals surface area contributed by atoms with Gasteiger partial charge in [0, 0.05) is 29.9 Å². The summed E-state index contributed by atoms with van der Waals surface area (Å²) in [6, 6.07) is 5.55. The Morgan fingerprint density at radius 3 is 2.83 bits per heavy atom. The van der Waals surface area contributed by atoms with E-state index in [1.807, 2.05) is 31.4 Å². The van der Waals surface area contributed by atoms with E-state index >= 15 is 0 Å². The van der Waals surface area contributed by atoms with Gasteiger partial charge in [-0.3, -0.25) is 4.68 Å². The van der Waals surface area contributed by atoms with Crippen LogP contribution in [0.15, 0.2) is 30.6 Å². The summed E-state index contributed by atoms with van der Waals surface area (Å²) in [5, 5.41) is 14.7. The predicted octanol–water partition coefficient (Wildman–Crippen LogP) is 2.32. The molecule has 0 radical (unpaired) electrons. The maximum Gasteiger partial charge on any atom is 0.150 e. The molecule has 0 bridgehead atoms. The number of nitrogen functional groups attached to an aromatic ring is 2. The molecule has 3 heterocycles. The van der Waals surface area contributed by atoms with E-state index in [1.165, 1.54) is 17.6 Å². The van der Waals surface area contributed by atoms with Gasteiger partial charge in [0.15, 0.2) is 0 Å². The Labute approximate surface area is 137 Å². The molecule has 0 aliphatic carbocycles. The highest BCUT2D eigenvalue weighted by Gasteiger charge is 2.08. The number of aryl methyl sites for hydroxylation is 1. The van der Waals surface area contributed by atoms with Gasteiger partial charge in [-0.1, -0.05) is 0 Å². The van der Waals surface area contributed by atoms with Crippen molar-refractivity contribution in [3.63, 3.8) is 0 Å². The average molecular weight is 327 g/mol.